The largest absolute Gasteiger partial charge is 0.497 e. The summed E-state index contributed by atoms with van der Waals surface area (Å²) >= 11 is 0. The second-order valence-corrected chi connectivity index (χ2v) is 7.03. The number of nitrogens with one attached hydrogen (secondary N) is 1. The Kier molecular flexibility index (Phi) is 5.13. The Morgan fingerprint density at radius 1 is 0.750 bits per heavy atom. The predicted molar refractivity (Wildman–Crippen MR) is 123 cm³/mol. The van der Waals surface area contributed by atoms with Crippen molar-refractivity contribution in [1.29, 1.82) is 0 Å². The van der Waals surface area contributed by atoms with Crippen molar-refractivity contribution < 1.29 is 13.9 Å². The van der Waals surface area contributed by atoms with Gasteiger partial charge in [0.25, 0.3) is 0 Å². The summed E-state index contributed by atoms with van der Waals surface area (Å²) in [7, 11) is 3.29. The Balaban J connectivity index is 1.74. The van der Waals surface area contributed by atoms with Crippen LogP contribution in [0.5, 0.6) is 11.5 Å². The average molecular weight is 424 g/mol. The lowest BCUT2D eigenvalue weighted by molar-refractivity contribution is 0.414. The Labute approximate surface area is 184 Å². The summed E-state index contributed by atoms with van der Waals surface area (Å²) in [4.78, 5) is 13.0. The normalized spacial score (nSPS) is 10.8. The number of rotatable bonds is 6. The molecule has 158 valence electrons. The second-order valence-electron chi connectivity index (χ2n) is 7.03. The van der Waals surface area contributed by atoms with Crippen LogP contribution in [0.2, 0.25) is 0 Å². The number of methoxy groups -OCH3 is 2. The SMILES string of the molecule is COc1ccc(-c2oc3ncnc(Nc4ccncc4)c3c2-c2ccc(OC)cc2)cc1. The molecule has 3 heterocycles. The number of aromatic nitrogens is 3. The van der Waals surface area contributed by atoms with E-state index in [1.54, 1.807) is 26.6 Å². The molecule has 0 spiro atoms. The molecule has 0 amide bonds. The van der Waals surface area contributed by atoms with Gasteiger partial charge in [0.15, 0.2) is 0 Å². The van der Waals surface area contributed by atoms with E-state index in [9.17, 15) is 0 Å². The van der Waals surface area contributed by atoms with Gasteiger partial charge in [-0.2, -0.15) is 0 Å². The van der Waals surface area contributed by atoms with Crippen LogP contribution in [0.15, 0.2) is 83.8 Å². The van der Waals surface area contributed by atoms with E-state index >= 15 is 0 Å². The van der Waals surface area contributed by atoms with Crippen molar-refractivity contribution in [3.05, 3.63) is 79.4 Å². The molecule has 0 atom stereocenters. The molecule has 0 fully saturated rings. The van der Waals surface area contributed by atoms with Gasteiger partial charge in [0.2, 0.25) is 5.71 Å². The fraction of sp³-hybridized carbons (Fsp3) is 0.0800. The van der Waals surface area contributed by atoms with Gasteiger partial charge in [-0.05, 0) is 54.1 Å². The maximum Gasteiger partial charge on any atom is 0.232 e. The first kappa shape index (κ1) is 19.6. The van der Waals surface area contributed by atoms with Gasteiger partial charge in [-0.1, -0.05) is 12.1 Å². The molecule has 0 saturated carbocycles. The van der Waals surface area contributed by atoms with Gasteiger partial charge in [0, 0.05) is 29.2 Å². The highest BCUT2D eigenvalue weighted by Gasteiger charge is 2.22. The first-order chi connectivity index (χ1) is 15.8. The van der Waals surface area contributed by atoms with Crippen LogP contribution in [0.3, 0.4) is 0 Å². The molecular formula is C25H20N4O3. The minimum Gasteiger partial charge on any atom is -0.497 e. The van der Waals surface area contributed by atoms with E-state index in [0.717, 1.165) is 39.3 Å². The molecular weight excluding hydrogens is 404 g/mol. The highest BCUT2D eigenvalue weighted by molar-refractivity contribution is 6.06. The van der Waals surface area contributed by atoms with E-state index < -0.39 is 0 Å². The van der Waals surface area contributed by atoms with Crippen LogP contribution < -0.4 is 14.8 Å². The van der Waals surface area contributed by atoms with Gasteiger partial charge in [0.05, 0.1) is 19.6 Å². The van der Waals surface area contributed by atoms with E-state index in [0.29, 0.717) is 17.3 Å². The number of nitrogens with zero attached hydrogens (tertiary/aromatic N) is 3. The topological polar surface area (TPSA) is 82.3 Å². The van der Waals surface area contributed by atoms with Crippen molar-refractivity contribution >= 4 is 22.6 Å². The summed E-state index contributed by atoms with van der Waals surface area (Å²) in [6.45, 7) is 0. The van der Waals surface area contributed by atoms with Gasteiger partial charge in [-0.3, -0.25) is 4.98 Å². The van der Waals surface area contributed by atoms with Crippen molar-refractivity contribution in [2.75, 3.05) is 19.5 Å². The standard InChI is InChI=1S/C25H20N4O3/c1-30-19-7-3-16(4-8-19)21-22-24(29-18-11-13-26-14-12-18)27-15-28-25(22)32-23(21)17-5-9-20(31-2)10-6-17/h3-15H,1-2H3,(H,26,27,28,29). The van der Waals surface area contributed by atoms with Gasteiger partial charge in [0.1, 0.15) is 29.4 Å². The first-order valence-electron chi connectivity index (χ1n) is 10.00. The highest BCUT2D eigenvalue weighted by atomic mass is 16.5. The monoisotopic (exact) mass is 424 g/mol. The van der Waals surface area contributed by atoms with Crippen molar-refractivity contribution in [3.63, 3.8) is 0 Å². The molecule has 1 N–H and O–H groups in total. The van der Waals surface area contributed by atoms with E-state index in [1.807, 2.05) is 60.7 Å². The lowest BCUT2D eigenvalue weighted by atomic mass is 9.99. The molecule has 0 aliphatic heterocycles. The Hall–Kier alpha value is -4.39. The van der Waals surface area contributed by atoms with E-state index in [2.05, 4.69) is 20.3 Å². The molecule has 0 unspecified atom stereocenters. The Bertz CT molecular complexity index is 1350. The number of pyridine rings is 1. The molecule has 0 bridgehead atoms. The lowest BCUT2D eigenvalue weighted by Gasteiger charge is -2.09. The summed E-state index contributed by atoms with van der Waals surface area (Å²) in [5.41, 5.74) is 4.12. The fourth-order valence-electron chi connectivity index (χ4n) is 3.58. The summed E-state index contributed by atoms with van der Waals surface area (Å²) in [5.74, 6) is 2.90. The molecule has 5 rings (SSSR count). The summed E-state index contributed by atoms with van der Waals surface area (Å²) in [6, 6.07) is 19.3. The third-order valence-electron chi connectivity index (χ3n) is 5.16. The highest BCUT2D eigenvalue weighted by Crippen LogP contribution is 2.43. The van der Waals surface area contributed by atoms with Gasteiger partial charge in [-0.15, -0.1) is 0 Å². The minimum atomic E-state index is 0.494. The van der Waals surface area contributed by atoms with Crippen LogP contribution in [0.4, 0.5) is 11.5 Å². The van der Waals surface area contributed by atoms with Crippen molar-refractivity contribution in [3.8, 4) is 33.9 Å². The zero-order chi connectivity index (χ0) is 21.9. The van der Waals surface area contributed by atoms with Crippen molar-refractivity contribution in [2.24, 2.45) is 0 Å². The summed E-state index contributed by atoms with van der Waals surface area (Å²) in [5, 5.41) is 4.16. The summed E-state index contributed by atoms with van der Waals surface area (Å²) in [6.07, 6.45) is 4.94. The lowest BCUT2D eigenvalue weighted by Crippen LogP contribution is -1.96. The summed E-state index contributed by atoms with van der Waals surface area (Å²) < 4.78 is 16.9. The maximum absolute atomic E-state index is 6.27. The maximum atomic E-state index is 6.27. The number of furan rings is 1. The number of fused-ring (bicyclic) bond motifs is 1. The molecule has 0 aliphatic carbocycles. The molecule has 0 aliphatic rings. The van der Waals surface area contributed by atoms with E-state index in [4.69, 9.17) is 13.9 Å². The molecule has 7 nitrogen and oxygen atoms in total. The van der Waals surface area contributed by atoms with Crippen LogP contribution >= 0.6 is 0 Å². The average Bonchev–Trinajstić information content (AvgIpc) is 3.25. The molecule has 3 aromatic heterocycles. The number of anilines is 2. The van der Waals surface area contributed by atoms with Crippen molar-refractivity contribution in [2.45, 2.75) is 0 Å². The number of benzene rings is 2. The molecule has 7 heteroatoms. The quantitative estimate of drug-likeness (QED) is 0.374. The van der Waals surface area contributed by atoms with Crippen LogP contribution in [0.1, 0.15) is 0 Å². The van der Waals surface area contributed by atoms with Crippen LogP contribution in [-0.2, 0) is 0 Å². The zero-order valence-electron chi connectivity index (χ0n) is 17.6. The third-order valence-corrected chi connectivity index (χ3v) is 5.16. The van der Waals surface area contributed by atoms with E-state index in [1.165, 1.54) is 6.33 Å². The first-order valence-corrected chi connectivity index (χ1v) is 10.00. The molecule has 2 aromatic carbocycles. The van der Waals surface area contributed by atoms with Crippen molar-refractivity contribution in [1.82, 2.24) is 15.0 Å². The number of hydrogen-bond donors (Lipinski definition) is 1. The van der Waals surface area contributed by atoms with Crippen LogP contribution in [-0.4, -0.2) is 29.2 Å². The fourth-order valence-corrected chi connectivity index (χ4v) is 3.58. The second kappa shape index (κ2) is 8.39. The van der Waals surface area contributed by atoms with Crippen LogP contribution in [0.25, 0.3) is 33.6 Å². The Morgan fingerprint density at radius 2 is 1.38 bits per heavy atom. The minimum absolute atomic E-state index is 0.494. The van der Waals surface area contributed by atoms with E-state index in [-0.39, 0.29) is 0 Å². The molecule has 5 aromatic rings. The molecule has 0 radical (unpaired) electrons. The number of ether oxygens (including phenoxy) is 2. The number of hydrogen-bond acceptors (Lipinski definition) is 7. The Morgan fingerprint density at radius 3 is 2.00 bits per heavy atom. The third kappa shape index (κ3) is 3.60. The molecule has 0 saturated heterocycles. The predicted octanol–water partition coefficient (Wildman–Crippen LogP) is 5.71. The van der Waals surface area contributed by atoms with Gasteiger partial charge in [-0.25, -0.2) is 9.97 Å². The van der Waals surface area contributed by atoms with Gasteiger partial charge < -0.3 is 19.2 Å². The molecule has 32 heavy (non-hydrogen) atoms. The zero-order valence-corrected chi connectivity index (χ0v) is 17.6. The smallest absolute Gasteiger partial charge is 0.232 e. The van der Waals surface area contributed by atoms with Crippen LogP contribution in [0, 0.1) is 0 Å². The van der Waals surface area contributed by atoms with Gasteiger partial charge >= 0.3 is 0 Å².